The first-order chi connectivity index (χ1) is 9.81. The quantitative estimate of drug-likeness (QED) is 0.838. The molecule has 116 valence electrons. The van der Waals surface area contributed by atoms with Gasteiger partial charge in [0.2, 0.25) is 0 Å². The van der Waals surface area contributed by atoms with Gasteiger partial charge in [0.1, 0.15) is 0 Å². The largest absolute Gasteiger partial charge is 0.397 e. The predicted octanol–water partition coefficient (Wildman–Crippen LogP) is 3.04. The van der Waals surface area contributed by atoms with Crippen LogP contribution in [0.4, 0.5) is 5.69 Å². The maximum Gasteiger partial charge on any atom is 0.251 e. The van der Waals surface area contributed by atoms with E-state index in [-0.39, 0.29) is 16.3 Å². The van der Waals surface area contributed by atoms with Crippen LogP contribution >= 0.6 is 23.2 Å². The van der Waals surface area contributed by atoms with Crippen LogP contribution < -0.4 is 11.1 Å². The van der Waals surface area contributed by atoms with Gasteiger partial charge in [-0.05, 0) is 50.5 Å². The van der Waals surface area contributed by atoms with Crippen LogP contribution in [0.3, 0.4) is 0 Å². The summed E-state index contributed by atoms with van der Waals surface area (Å²) in [4.78, 5) is 14.5. The van der Waals surface area contributed by atoms with E-state index in [1.807, 2.05) is 0 Å². The maximum atomic E-state index is 12.2. The average molecular weight is 330 g/mol. The Bertz CT molecular complexity index is 517. The summed E-state index contributed by atoms with van der Waals surface area (Å²) in [5.74, 6) is -0.166. The van der Waals surface area contributed by atoms with Crippen LogP contribution in [0.2, 0.25) is 10.0 Å². The highest BCUT2D eigenvalue weighted by Crippen LogP contribution is 2.31. The molecule has 1 heterocycles. The summed E-state index contributed by atoms with van der Waals surface area (Å²) in [5, 5.41) is 3.57. The number of rotatable bonds is 3. The van der Waals surface area contributed by atoms with Gasteiger partial charge in [0.25, 0.3) is 5.91 Å². The zero-order valence-corrected chi connectivity index (χ0v) is 13.9. The smallest absolute Gasteiger partial charge is 0.251 e. The molecule has 1 aliphatic rings. The Hall–Kier alpha value is -0.970. The SMILES string of the molecule is CN1CCC(C)(CNC(=O)c2cc(N)c(Cl)c(Cl)c2)CC1. The summed E-state index contributed by atoms with van der Waals surface area (Å²) in [6.45, 7) is 4.99. The molecule has 0 radical (unpaired) electrons. The summed E-state index contributed by atoms with van der Waals surface area (Å²) in [6.07, 6.45) is 2.15. The lowest BCUT2D eigenvalue weighted by molar-refractivity contribution is 0.0891. The van der Waals surface area contributed by atoms with Crippen molar-refractivity contribution >= 4 is 34.8 Å². The van der Waals surface area contributed by atoms with Crippen molar-refractivity contribution in [1.82, 2.24) is 10.2 Å². The number of halogens is 2. The van der Waals surface area contributed by atoms with Crippen molar-refractivity contribution in [3.05, 3.63) is 27.7 Å². The number of benzene rings is 1. The number of amides is 1. The van der Waals surface area contributed by atoms with E-state index in [0.29, 0.717) is 22.8 Å². The number of carbonyl (C=O) groups excluding carboxylic acids is 1. The average Bonchev–Trinajstić information content (AvgIpc) is 2.45. The molecule has 0 aromatic heterocycles. The highest BCUT2D eigenvalue weighted by Gasteiger charge is 2.29. The molecule has 2 rings (SSSR count). The first-order valence-corrected chi connectivity index (χ1v) is 7.78. The molecule has 0 bridgehead atoms. The van der Waals surface area contributed by atoms with Crippen LogP contribution in [-0.4, -0.2) is 37.5 Å². The summed E-state index contributed by atoms with van der Waals surface area (Å²) < 4.78 is 0. The van der Waals surface area contributed by atoms with Crippen LogP contribution in [0.5, 0.6) is 0 Å². The van der Waals surface area contributed by atoms with Crippen LogP contribution in [0.25, 0.3) is 0 Å². The first kappa shape index (κ1) is 16.4. The lowest BCUT2D eigenvalue weighted by atomic mass is 9.80. The van der Waals surface area contributed by atoms with E-state index in [2.05, 4.69) is 24.2 Å². The molecule has 6 heteroatoms. The number of hydrogen-bond donors (Lipinski definition) is 2. The molecule has 0 saturated carbocycles. The van der Waals surface area contributed by atoms with Gasteiger partial charge in [0.05, 0.1) is 15.7 Å². The van der Waals surface area contributed by atoms with Crippen LogP contribution in [0, 0.1) is 5.41 Å². The Balaban J connectivity index is 1.99. The van der Waals surface area contributed by atoms with Crippen molar-refractivity contribution in [2.24, 2.45) is 5.41 Å². The Labute approximate surface area is 135 Å². The molecule has 1 fully saturated rings. The third-order valence-electron chi connectivity index (χ3n) is 4.19. The summed E-state index contributed by atoms with van der Waals surface area (Å²) >= 11 is 11.9. The second-order valence-corrected chi connectivity index (χ2v) is 6.94. The van der Waals surface area contributed by atoms with Crippen molar-refractivity contribution in [2.45, 2.75) is 19.8 Å². The van der Waals surface area contributed by atoms with Gasteiger partial charge in [0, 0.05) is 12.1 Å². The molecule has 1 saturated heterocycles. The molecule has 1 aromatic carbocycles. The number of nitrogens with one attached hydrogen (secondary N) is 1. The normalized spacial score (nSPS) is 18.5. The fourth-order valence-electron chi connectivity index (χ4n) is 2.47. The van der Waals surface area contributed by atoms with E-state index < -0.39 is 0 Å². The fourth-order valence-corrected chi connectivity index (χ4v) is 2.81. The maximum absolute atomic E-state index is 12.2. The van der Waals surface area contributed by atoms with Gasteiger partial charge >= 0.3 is 0 Å². The van der Waals surface area contributed by atoms with E-state index in [1.165, 1.54) is 0 Å². The van der Waals surface area contributed by atoms with Gasteiger partial charge in [0.15, 0.2) is 0 Å². The van der Waals surface area contributed by atoms with Gasteiger partial charge in [-0.2, -0.15) is 0 Å². The van der Waals surface area contributed by atoms with E-state index in [0.717, 1.165) is 25.9 Å². The summed E-state index contributed by atoms with van der Waals surface area (Å²) in [7, 11) is 2.12. The molecular weight excluding hydrogens is 309 g/mol. The fraction of sp³-hybridized carbons (Fsp3) is 0.533. The van der Waals surface area contributed by atoms with Crippen LogP contribution in [-0.2, 0) is 0 Å². The Morgan fingerprint density at radius 1 is 1.38 bits per heavy atom. The third-order valence-corrected chi connectivity index (χ3v) is 5.01. The number of anilines is 1. The van der Waals surface area contributed by atoms with Gasteiger partial charge in [-0.3, -0.25) is 4.79 Å². The van der Waals surface area contributed by atoms with E-state index >= 15 is 0 Å². The number of hydrogen-bond acceptors (Lipinski definition) is 3. The monoisotopic (exact) mass is 329 g/mol. The second-order valence-electron chi connectivity index (χ2n) is 6.16. The minimum Gasteiger partial charge on any atom is -0.397 e. The predicted molar refractivity (Wildman–Crippen MR) is 88.0 cm³/mol. The van der Waals surface area contributed by atoms with Gasteiger partial charge in [-0.25, -0.2) is 0 Å². The lowest BCUT2D eigenvalue weighted by Gasteiger charge is -2.37. The van der Waals surface area contributed by atoms with Crippen LogP contribution in [0.1, 0.15) is 30.1 Å². The number of piperidine rings is 1. The number of likely N-dealkylation sites (tertiary alicyclic amines) is 1. The Morgan fingerprint density at radius 3 is 2.57 bits per heavy atom. The topological polar surface area (TPSA) is 58.4 Å². The molecule has 0 atom stereocenters. The molecule has 21 heavy (non-hydrogen) atoms. The molecule has 1 aromatic rings. The van der Waals surface area contributed by atoms with Crippen molar-refractivity contribution < 1.29 is 4.79 Å². The molecule has 1 aliphatic heterocycles. The standard InChI is InChI=1S/C15H21Cl2N3O/c1-15(3-5-20(2)6-4-15)9-19-14(21)10-7-11(16)13(17)12(18)8-10/h7-8H,3-6,9,18H2,1-2H3,(H,19,21). The lowest BCUT2D eigenvalue weighted by Crippen LogP contribution is -2.43. The van der Waals surface area contributed by atoms with Crippen molar-refractivity contribution in [3.8, 4) is 0 Å². The van der Waals surface area contributed by atoms with E-state index in [4.69, 9.17) is 28.9 Å². The van der Waals surface area contributed by atoms with Crippen molar-refractivity contribution in [2.75, 3.05) is 32.4 Å². The Morgan fingerprint density at radius 2 is 2.00 bits per heavy atom. The minimum atomic E-state index is -0.166. The molecule has 4 nitrogen and oxygen atoms in total. The van der Waals surface area contributed by atoms with Gasteiger partial charge in [-0.1, -0.05) is 30.1 Å². The first-order valence-electron chi connectivity index (χ1n) is 7.02. The number of carbonyl (C=O) groups is 1. The molecule has 3 N–H and O–H groups in total. The highest BCUT2D eigenvalue weighted by molar-refractivity contribution is 6.43. The third kappa shape index (κ3) is 4.02. The summed E-state index contributed by atoms with van der Waals surface area (Å²) in [6, 6.07) is 3.10. The van der Waals surface area contributed by atoms with Crippen LogP contribution in [0.15, 0.2) is 12.1 Å². The highest BCUT2D eigenvalue weighted by atomic mass is 35.5. The second kappa shape index (κ2) is 6.42. The molecule has 0 spiro atoms. The zero-order valence-electron chi connectivity index (χ0n) is 12.4. The van der Waals surface area contributed by atoms with Gasteiger partial charge in [-0.15, -0.1) is 0 Å². The summed E-state index contributed by atoms with van der Waals surface area (Å²) in [5.41, 5.74) is 6.64. The number of nitrogen functional groups attached to an aromatic ring is 1. The van der Waals surface area contributed by atoms with E-state index in [9.17, 15) is 4.79 Å². The Kier molecular flexibility index (Phi) is 5.02. The zero-order chi connectivity index (χ0) is 15.6. The van der Waals surface area contributed by atoms with E-state index in [1.54, 1.807) is 12.1 Å². The van der Waals surface area contributed by atoms with Crippen molar-refractivity contribution in [3.63, 3.8) is 0 Å². The molecular formula is C15H21Cl2N3O. The number of nitrogens with zero attached hydrogens (tertiary/aromatic N) is 1. The molecule has 0 aliphatic carbocycles. The molecule has 0 unspecified atom stereocenters. The van der Waals surface area contributed by atoms with Gasteiger partial charge < -0.3 is 16.0 Å². The molecule has 1 amide bonds. The van der Waals surface area contributed by atoms with Crippen molar-refractivity contribution in [1.29, 1.82) is 0 Å². The number of nitrogens with two attached hydrogens (primary N) is 1. The minimum absolute atomic E-state index is 0.143.